The molecule has 0 amide bonds. The van der Waals surface area contributed by atoms with E-state index in [9.17, 15) is 0 Å². The Kier molecular flexibility index (Phi) is 3.84. The summed E-state index contributed by atoms with van der Waals surface area (Å²) >= 11 is 0. The van der Waals surface area contributed by atoms with Crippen molar-refractivity contribution >= 4 is 11.5 Å². The molecule has 1 aromatic heterocycles. The number of hydrogen-bond acceptors (Lipinski definition) is 5. The van der Waals surface area contributed by atoms with Gasteiger partial charge in [0.2, 0.25) is 5.88 Å². The molecule has 76 valence electrons. The molecule has 0 bridgehead atoms. The maximum Gasteiger partial charge on any atom is 0.233 e. The van der Waals surface area contributed by atoms with Crippen LogP contribution in [0.15, 0.2) is 17.2 Å². The first-order chi connectivity index (χ1) is 6.72. The van der Waals surface area contributed by atoms with E-state index < -0.39 is 0 Å². The van der Waals surface area contributed by atoms with E-state index >= 15 is 0 Å². The lowest BCUT2D eigenvalue weighted by molar-refractivity contribution is 0.323. The molecular formula is C9H14N4O. The molecule has 0 radical (unpaired) electrons. The van der Waals surface area contributed by atoms with Crippen LogP contribution in [-0.4, -0.2) is 22.5 Å². The van der Waals surface area contributed by atoms with E-state index in [1.807, 2.05) is 20.8 Å². The van der Waals surface area contributed by atoms with Crippen LogP contribution in [0.5, 0.6) is 5.88 Å². The Bertz CT molecular complexity index is 303. The van der Waals surface area contributed by atoms with Crippen molar-refractivity contribution in [2.45, 2.75) is 20.8 Å². The molecule has 0 aromatic carbocycles. The van der Waals surface area contributed by atoms with Crippen LogP contribution in [0.3, 0.4) is 0 Å². The molecule has 0 atom stereocenters. The molecule has 14 heavy (non-hydrogen) atoms. The number of nitrogens with one attached hydrogen (secondary N) is 1. The Morgan fingerprint density at radius 3 is 2.71 bits per heavy atom. The van der Waals surface area contributed by atoms with Crippen molar-refractivity contribution in [1.82, 2.24) is 10.2 Å². The SMILES string of the molecule is CCOc1ccc(NN=C(C)C)nn1. The summed E-state index contributed by atoms with van der Waals surface area (Å²) in [5, 5.41) is 11.7. The van der Waals surface area contributed by atoms with E-state index in [2.05, 4.69) is 20.7 Å². The standard InChI is InChI=1S/C9H14N4O/c1-4-14-9-6-5-8(12-13-9)11-10-7(2)3/h5-6H,4H2,1-3H3,(H,11,12). The third-order valence-corrected chi connectivity index (χ3v) is 1.33. The van der Waals surface area contributed by atoms with Crippen molar-refractivity contribution in [1.29, 1.82) is 0 Å². The van der Waals surface area contributed by atoms with Gasteiger partial charge in [-0.15, -0.1) is 10.2 Å². The zero-order valence-corrected chi connectivity index (χ0v) is 8.61. The molecule has 0 fully saturated rings. The largest absolute Gasteiger partial charge is 0.477 e. The number of aromatic nitrogens is 2. The van der Waals surface area contributed by atoms with E-state index in [1.165, 1.54) is 0 Å². The van der Waals surface area contributed by atoms with Gasteiger partial charge in [0.05, 0.1) is 6.61 Å². The van der Waals surface area contributed by atoms with Crippen LogP contribution >= 0.6 is 0 Å². The molecule has 0 saturated carbocycles. The van der Waals surface area contributed by atoms with E-state index in [-0.39, 0.29) is 0 Å². The van der Waals surface area contributed by atoms with Gasteiger partial charge in [-0.1, -0.05) is 0 Å². The highest BCUT2D eigenvalue weighted by Gasteiger charge is 1.95. The summed E-state index contributed by atoms with van der Waals surface area (Å²) in [5.41, 5.74) is 3.70. The Labute approximate surface area is 83.2 Å². The monoisotopic (exact) mass is 194 g/mol. The lowest BCUT2D eigenvalue weighted by Crippen LogP contribution is -1.99. The lowest BCUT2D eigenvalue weighted by Gasteiger charge is -2.01. The first kappa shape index (κ1) is 10.4. The van der Waals surface area contributed by atoms with Crippen LogP contribution in [0.2, 0.25) is 0 Å². The zero-order valence-electron chi connectivity index (χ0n) is 8.61. The summed E-state index contributed by atoms with van der Waals surface area (Å²) in [6, 6.07) is 3.52. The second kappa shape index (κ2) is 5.16. The molecule has 1 N–H and O–H groups in total. The minimum Gasteiger partial charge on any atom is -0.477 e. The van der Waals surface area contributed by atoms with E-state index in [0.29, 0.717) is 18.3 Å². The second-order valence-electron chi connectivity index (χ2n) is 2.86. The van der Waals surface area contributed by atoms with Gasteiger partial charge in [0, 0.05) is 11.8 Å². The van der Waals surface area contributed by atoms with Crippen molar-refractivity contribution < 1.29 is 4.74 Å². The molecule has 0 aliphatic heterocycles. The minimum atomic E-state index is 0.523. The van der Waals surface area contributed by atoms with Crippen molar-refractivity contribution in [2.75, 3.05) is 12.0 Å². The van der Waals surface area contributed by atoms with Crippen LogP contribution in [0.25, 0.3) is 0 Å². The molecule has 0 aliphatic carbocycles. The molecule has 1 heterocycles. The second-order valence-corrected chi connectivity index (χ2v) is 2.86. The normalized spacial score (nSPS) is 9.36. The summed E-state index contributed by atoms with van der Waals surface area (Å²) in [6.45, 7) is 6.29. The van der Waals surface area contributed by atoms with Gasteiger partial charge in [-0.25, -0.2) is 0 Å². The lowest BCUT2D eigenvalue weighted by atomic mass is 10.5. The van der Waals surface area contributed by atoms with E-state index in [4.69, 9.17) is 4.74 Å². The van der Waals surface area contributed by atoms with Gasteiger partial charge >= 0.3 is 0 Å². The average Bonchev–Trinajstić information content (AvgIpc) is 2.17. The van der Waals surface area contributed by atoms with Gasteiger partial charge in [0.25, 0.3) is 0 Å². The summed E-state index contributed by atoms with van der Waals surface area (Å²) in [4.78, 5) is 0. The van der Waals surface area contributed by atoms with Gasteiger partial charge in [-0.2, -0.15) is 5.10 Å². The highest BCUT2D eigenvalue weighted by molar-refractivity contribution is 5.79. The maximum absolute atomic E-state index is 5.15. The van der Waals surface area contributed by atoms with Crippen LogP contribution in [0, 0.1) is 0 Å². The Balaban J connectivity index is 2.59. The third-order valence-electron chi connectivity index (χ3n) is 1.33. The molecular weight excluding hydrogens is 180 g/mol. The van der Waals surface area contributed by atoms with E-state index in [1.54, 1.807) is 12.1 Å². The van der Waals surface area contributed by atoms with Crippen molar-refractivity contribution in [2.24, 2.45) is 5.10 Å². The van der Waals surface area contributed by atoms with Crippen LogP contribution in [0.1, 0.15) is 20.8 Å². The highest BCUT2D eigenvalue weighted by Crippen LogP contribution is 2.07. The predicted octanol–water partition coefficient (Wildman–Crippen LogP) is 1.68. The van der Waals surface area contributed by atoms with Crippen LogP contribution in [-0.2, 0) is 0 Å². The summed E-state index contributed by atoms with van der Waals surface area (Å²) in [5.74, 6) is 1.13. The topological polar surface area (TPSA) is 59.4 Å². The zero-order chi connectivity index (χ0) is 10.4. The predicted molar refractivity (Wildman–Crippen MR) is 55.6 cm³/mol. The fourth-order valence-corrected chi connectivity index (χ4v) is 0.774. The van der Waals surface area contributed by atoms with Gasteiger partial charge in [-0.3, -0.25) is 5.43 Å². The fourth-order valence-electron chi connectivity index (χ4n) is 0.774. The van der Waals surface area contributed by atoms with Crippen molar-refractivity contribution in [3.05, 3.63) is 12.1 Å². The number of ether oxygens (including phenoxy) is 1. The highest BCUT2D eigenvalue weighted by atomic mass is 16.5. The van der Waals surface area contributed by atoms with Crippen LogP contribution in [0.4, 0.5) is 5.82 Å². The Morgan fingerprint density at radius 2 is 2.21 bits per heavy atom. The number of nitrogens with zero attached hydrogens (tertiary/aromatic N) is 3. The van der Waals surface area contributed by atoms with Crippen molar-refractivity contribution in [3.63, 3.8) is 0 Å². The Hall–Kier alpha value is -1.65. The van der Waals surface area contributed by atoms with Gasteiger partial charge in [0.15, 0.2) is 5.82 Å². The summed E-state index contributed by atoms with van der Waals surface area (Å²) in [6.07, 6.45) is 0. The molecule has 0 spiro atoms. The van der Waals surface area contributed by atoms with Gasteiger partial charge < -0.3 is 4.74 Å². The van der Waals surface area contributed by atoms with Crippen molar-refractivity contribution in [3.8, 4) is 5.88 Å². The first-order valence-electron chi connectivity index (χ1n) is 4.46. The molecule has 1 rings (SSSR count). The maximum atomic E-state index is 5.15. The van der Waals surface area contributed by atoms with Gasteiger partial charge in [-0.05, 0) is 26.8 Å². The molecule has 5 nitrogen and oxygen atoms in total. The van der Waals surface area contributed by atoms with Crippen LogP contribution < -0.4 is 10.2 Å². The molecule has 0 aliphatic rings. The average molecular weight is 194 g/mol. The molecule has 1 aromatic rings. The number of rotatable bonds is 4. The first-order valence-corrected chi connectivity index (χ1v) is 4.46. The Morgan fingerprint density at radius 1 is 1.43 bits per heavy atom. The van der Waals surface area contributed by atoms with E-state index in [0.717, 1.165) is 5.71 Å². The fraction of sp³-hybridized carbons (Fsp3) is 0.444. The summed E-state index contributed by atoms with van der Waals surface area (Å²) < 4.78 is 5.15. The molecule has 5 heteroatoms. The number of anilines is 1. The quantitative estimate of drug-likeness (QED) is 0.585. The molecule has 0 unspecified atom stereocenters. The minimum absolute atomic E-state index is 0.523. The molecule has 0 saturated heterocycles. The summed E-state index contributed by atoms with van der Waals surface area (Å²) in [7, 11) is 0. The van der Waals surface area contributed by atoms with Gasteiger partial charge in [0.1, 0.15) is 0 Å². The number of hydrazone groups is 1. The smallest absolute Gasteiger partial charge is 0.233 e. The number of hydrogen-bond donors (Lipinski definition) is 1. The third kappa shape index (κ3) is 3.38.